The van der Waals surface area contributed by atoms with Crippen LogP contribution in [-0.2, 0) is 21.0 Å². The maximum Gasteiger partial charge on any atom is 0.400 e. The van der Waals surface area contributed by atoms with Crippen LogP contribution in [-0.4, -0.2) is 30.1 Å². The zero-order chi connectivity index (χ0) is 21.2. The highest BCUT2D eigenvalue weighted by molar-refractivity contribution is 7.91. The largest absolute Gasteiger partial charge is 0.400 e. The lowest BCUT2D eigenvalue weighted by atomic mass is 10.1. The normalized spacial score (nSPS) is 12.1. The first-order chi connectivity index (χ1) is 13.5. The number of alkyl halides is 3. The van der Waals surface area contributed by atoms with E-state index in [0.29, 0.717) is 11.1 Å². The third-order valence-corrected chi connectivity index (χ3v) is 5.63. The molecule has 0 saturated heterocycles. The monoisotopic (exact) mass is 440 g/mol. The smallest absolute Gasteiger partial charge is 0.331 e. The molecule has 3 rings (SSSR count). The standard InChI is InChI=1S/C19H15ClF2N2O4S/c1-12-2-4-13(5-3-12)10-29(26,27)11-16(25)14-6-8-15(9-7-14)17-23-18(28-24-17)19(20,21)22/h2-9H,10-11H2,1H3. The van der Waals surface area contributed by atoms with Gasteiger partial charge in [-0.15, -0.1) is 0 Å². The molecule has 0 fully saturated rings. The number of benzene rings is 2. The van der Waals surface area contributed by atoms with E-state index in [1.807, 2.05) is 6.92 Å². The van der Waals surface area contributed by atoms with Crippen molar-refractivity contribution in [3.63, 3.8) is 0 Å². The van der Waals surface area contributed by atoms with Crippen molar-refractivity contribution in [2.24, 2.45) is 0 Å². The van der Waals surface area contributed by atoms with Gasteiger partial charge in [0, 0.05) is 11.1 Å². The highest BCUT2D eigenvalue weighted by atomic mass is 35.5. The number of hydrogen-bond donors (Lipinski definition) is 0. The number of aryl methyl sites for hydroxylation is 1. The third-order valence-electron chi connectivity index (χ3n) is 3.99. The number of Topliss-reactive ketones (excluding diaryl/α,β-unsaturated/α-hetero) is 1. The van der Waals surface area contributed by atoms with E-state index < -0.39 is 32.6 Å². The maximum absolute atomic E-state index is 13.0. The van der Waals surface area contributed by atoms with Crippen molar-refractivity contribution in [1.29, 1.82) is 0 Å². The molecule has 0 bridgehead atoms. The highest BCUT2D eigenvalue weighted by Gasteiger charge is 2.35. The van der Waals surface area contributed by atoms with E-state index in [0.717, 1.165) is 5.56 Å². The molecule has 29 heavy (non-hydrogen) atoms. The summed E-state index contributed by atoms with van der Waals surface area (Å²) in [5.41, 5.74) is 2.07. The lowest BCUT2D eigenvalue weighted by Crippen LogP contribution is -2.18. The quantitative estimate of drug-likeness (QED) is 0.405. The van der Waals surface area contributed by atoms with E-state index in [-0.39, 0.29) is 17.1 Å². The molecule has 152 valence electrons. The molecular formula is C19H15ClF2N2O4S. The molecule has 0 aliphatic rings. The van der Waals surface area contributed by atoms with Crippen molar-refractivity contribution in [2.45, 2.75) is 18.1 Å². The minimum Gasteiger partial charge on any atom is -0.331 e. The molecule has 0 saturated carbocycles. The van der Waals surface area contributed by atoms with Crippen LogP contribution in [0.5, 0.6) is 0 Å². The topological polar surface area (TPSA) is 90.1 Å². The van der Waals surface area contributed by atoms with Gasteiger partial charge in [-0.05, 0) is 24.1 Å². The summed E-state index contributed by atoms with van der Waals surface area (Å²) in [4.78, 5) is 15.8. The molecule has 0 amide bonds. The summed E-state index contributed by atoms with van der Waals surface area (Å²) in [6.45, 7) is 1.89. The van der Waals surface area contributed by atoms with E-state index >= 15 is 0 Å². The number of hydrogen-bond acceptors (Lipinski definition) is 6. The van der Waals surface area contributed by atoms with Crippen LogP contribution in [0.1, 0.15) is 27.4 Å². The summed E-state index contributed by atoms with van der Waals surface area (Å²) in [5, 5.41) is -0.376. The molecule has 0 N–H and O–H groups in total. The molecule has 0 aliphatic carbocycles. The Kier molecular flexibility index (Phi) is 5.81. The Morgan fingerprint density at radius 1 is 1.10 bits per heavy atom. The summed E-state index contributed by atoms with van der Waals surface area (Å²) >= 11 is 4.82. The van der Waals surface area contributed by atoms with Crippen LogP contribution in [0, 0.1) is 6.92 Å². The summed E-state index contributed by atoms with van der Waals surface area (Å²) in [5.74, 6) is -2.65. The second-order valence-corrected chi connectivity index (χ2v) is 8.98. The Morgan fingerprint density at radius 3 is 2.28 bits per heavy atom. The van der Waals surface area contributed by atoms with Gasteiger partial charge in [0.05, 0.1) is 5.75 Å². The summed E-state index contributed by atoms with van der Waals surface area (Å²) in [7, 11) is -3.66. The number of halogens is 3. The van der Waals surface area contributed by atoms with Gasteiger partial charge in [-0.3, -0.25) is 4.79 Å². The summed E-state index contributed by atoms with van der Waals surface area (Å²) < 4.78 is 54.9. The molecule has 0 unspecified atom stereocenters. The van der Waals surface area contributed by atoms with Crippen molar-refractivity contribution < 1.29 is 26.5 Å². The van der Waals surface area contributed by atoms with Crippen LogP contribution >= 0.6 is 11.6 Å². The summed E-state index contributed by atoms with van der Waals surface area (Å²) in [6.07, 6.45) is 0. The van der Waals surface area contributed by atoms with Crippen molar-refractivity contribution in [1.82, 2.24) is 10.1 Å². The third kappa shape index (κ3) is 5.45. The van der Waals surface area contributed by atoms with E-state index in [9.17, 15) is 22.0 Å². The number of carbonyl (C=O) groups is 1. The van der Waals surface area contributed by atoms with Crippen LogP contribution in [0.4, 0.5) is 8.78 Å². The van der Waals surface area contributed by atoms with E-state index in [2.05, 4.69) is 14.7 Å². The highest BCUT2D eigenvalue weighted by Crippen LogP contribution is 2.32. The minimum absolute atomic E-state index is 0.133. The lowest BCUT2D eigenvalue weighted by molar-refractivity contribution is 0.0551. The van der Waals surface area contributed by atoms with Crippen LogP contribution in [0.25, 0.3) is 11.4 Å². The second kappa shape index (κ2) is 8.00. The fourth-order valence-electron chi connectivity index (χ4n) is 2.53. The Hall–Kier alpha value is -2.65. The molecule has 0 aliphatic heterocycles. The van der Waals surface area contributed by atoms with Gasteiger partial charge in [0.25, 0.3) is 0 Å². The summed E-state index contributed by atoms with van der Waals surface area (Å²) in [6, 6.07) is 12.6. The first-order valence-electron chi connectivity index (χ1n) is 8.34. The van der Waals surface area contributed by atoms with Gasteiger partial charge in [-0.1, -0.05) is 59.3 Å². The predicted molar refractivity (Wildman–Crippen MR) is 102 cm³/mol. The number of carbonyl (C=O) groups excluding carboxylic acids is 1. The van der Waals surface area contributed by atoms with Crippen molar-refractivity contribution in [3.05, 3.63) is 71.1 Å². The molecule has 3 aromatic rings. The van der Waals surface area contributed by atoms with E-state index in [1.165, 1.54) is 24.3 Å². The van der Waals surface area contributed by atoms with E-state index in [4.69, 9.17) is 11.6 Å². The molecule has 6 nitrogen and oxygen atoms in total. The van der Waals surface area contributed by atoms with Gasteiger partial charge in [0.2, 0.25) is 5.82 Å². The Morgan fingerprint density at radius 2 is 1.72 bits per heavy atom. The van der Waals surface area contributed by atoms with E-state index in [1.54, 1.807) is 24.3 Å². The molecular weight excluding hydrogens is 426 g/mol. The van der Waals surface area contributed by atoms with Crippen LogP contribution in [0.2, 0.25) is 0 Å². The van der Waals surface area contributed by atoms with Gasteiger partial charge in [0.1, 0.15) is 5.75 Å². The molecule has 0 spiro atoms. The van der Waals surface area contributed by atoms with Gasteiger partial charge >= 0.3 is 11.3 Å². The number of rotatable bonds is 7. The second-order valence-electron chi connectivity index (χ2n) is 6.44. The molecule has 0 radical (unpaired) electrons. The molecule has 10 heteroatoms. The van der Waals surface area contributed by atoms with Gasteiger partial charge in [0.15, 0.2) is 15.6 Å². The Bertz CT molecular complexity index is 1120. The average molecular weight is 441 g/mol. The Balaban J connectivity index is 1.70. The zero-order valence-corrected chi connectivity index (χ0v) is 16.7. The first-order valence-corrected chi connectivity index (χ1v) is 10.5. The maximum atomic E-state index is 13.0. The number of sulfone groups is 1. The molecule has 1 aromatic heterocycles. The zero-order valence-electron chi connectivity index (χ0n) is 15.1. The fourth-order valence-corrected chi connectivity index (χ4v) is 3.98. The Labute approximate surface area is 170 Å². The lowest BCUT2D eigenvalue weighted by Gasteiger charge is -2.05. The van der Waals surface area contributed by atoms with Crippen LogP contribution in [0.15, 0.2) is 53.1 Å². The average Bonchev–Trinajstić information content (AvgIpc) is 3.14. The molecule has 1 heterocycles. The van der Waals surface area contributed by atoms with Crippen LogP contribution < -0.4 is 0 Å². The van der Waals surface area contributed by atoms with Crippen molar-refractivity contribution >= 4 is 27.2 Å². The minimum atomic E-state index is -3.78. The molecule has 0 atom stereocenters. The fraction of sp³-hybridized carbons (Fsp3) is 0.211. The number of aromatic nitrogens is 2. The van der Waals surface area contributed by atoms with Crippen LogP contribution in [0.3, 0.4) is 0 Å². The first kappa shape index (κ1) is 21.1. The SMILES string of the molecule is Cc1ccc(CS(=O)(=O)CC(=O)c2ccc(-c3noc(C(F)(F)Cl)n3)cc2)cc1. The van der Waals surface area contributed by atoms with Gasteiger partial charge < -0.3 is 4.52 Å². The van der Waals surface area contributed by atoms with Gasteiger partial charge in [-0.25, -0.2) is 8.42 Å². The predicted octanol–water partition coefficient (Wildman–Crippen LogP) is 4.13. The van der Waals surface area contributed by atoms with Crippen molar-refractivity contribution in [2.75, 3.05) is 5.75 Å². The number of nitrogens with zero attached hydrogens (tertiary/aromatic N) is 2. The molecule has 2 aromatic carbocycles. The van der Waals surface area contributed by atoms with Crippen molar-refractivity contribution in [3.8, 4) is 11.4 Å². The van der Waals surface area contributed by atoms with Gasteiger partial charge in [-0.2, -0.15) is 13.8 Å². The number of ketones is 1.